The molecular weight excluding hydrogens is 382 g/mol. The molecular formula is C15H10ClF4N3O3. The molecule has 0 spiro atoms. The third kappa shape index (κ3) is 3.64. The number of carbonyl (C=O) groups is 1. The van der Waals surface area contributed by atoms with Gasteiger partial charge in [-0.2, -0.15) is 18.2 Å². The Kier molecular flexibility index (Phi) is 4.61. The van der Waals surface area contributed by atoms with Gasteiger partial charge in [-0.15, -0.1) is 0 Å². The zero-order chi connectivity index (χ0) is 19.1. The number of amides is 1. The minimum absolute atomic E-state index is 0.0965. The molecule has 0 aliphatic carbocycles. The Balaban J connectivity index is 2.01. The van der Waals surface area contributed by atoms with E-state index < -0.39 is 29.4 Å². The molecule has 1 aliphatic heterocycles. The van der Waals surface area contributed by atoms with Crippen molar-refractivity contribution in [1.82, 2.24) is 14.9 Å². The average molecular weight is 392 g/mol. The second-order valence-electron chi connectivity index (χ2n) is 5.42. The minimum Gasteiger partial charge on any atom is -0.465 e. The van der Waals surface area contributed by atoms with Crippen LogP contribution < -0.4 is 4.74 Å². The number of fused-ring (bicyclic) bond motifs is 1. The highest BCUT2D eigenvalue weighted by atomic mass is 35.5. The van der Waals surface area contributed by atoms with Crippen molar-refractivity contribution in [1.29, 1.82) is 0 Å². The molecule has 0 saturated carbocycles. The van der Waals surface area contributed by atoms with E-state index in [4.69, 9.17) is 21.4 Å². The molecule has 1 N–H and O–H groups in total. The molecule has 26 heavy (non-hydrogen) atoms. The Bertz CT molecular complexity index is 876. The summed E-state index contributed by atoms with van der Waals surface area (Å²) in [7, 11) is 0. The van der Waals surface area contributed by atoms with Gasteiger partial charge in [0, 0.05) is 12.1 Å². The normalized spacial score (nSPS) is 14.1. The maximum Gasteiger partial charge on any atom is 0.420 e. The van der Waals surface area contributed by atoms with Gasteiger partial charge in [-0.3, -0.25) is 0 Å². The lowest BCUT2D eigenvalue weighted by atomic mass is 10.1. The molecule has 138 valence electrons. The summed E-state index contributed by atoms with van der Waals surface area (Å²) in [6, 6.07) is 1.98. The summed E-state index contributed by atoms with van der Waals surface area (Å²) in [5, 5.41) is 8.74. The average Bonchev–Trinajstić information content (AvgIpc) is 2.54. The van der Waals surface area contributed by atoms with E-state index in [1.165, 1.54) is 0 Å². The van der Waals surface area contributed by atoms with Crippen molar-refractivity contribution < 1.29 is 32.2 Å². The molecule has 1 aliphatic rings. The molecule has 1 aromatic heterocycles. The highest BCUT2D eigenvalue weighted by Gasteiger charge is 2.36. The topological polar surface area (TPSA) is 75.5 Å². The van der Waals surface area contributed by atoms with Gasteiger partial charge < -0.3 is 14.7 Å². The van der Waals surface area contributed by atoms with Crippen LogP contribution in [0.1, 0.15) is 16.8 Å². The molecule has 1 aromatic carbocycles. The fourth-order valence-electron chi connectivity index (χ4n) is 2.53. The third-order valence-corrected chi connectivity index (χ3v) is 3.89. The van der Waals surface area contributed by atoms with Gasteiger partial charge in [0.2, 0.25) is 11.2 Å². The number of aromatic nitrogens is 2. The molecule has 2 heterocycles. The number of alkyl halides is 3. The van der Waals surface area contributed by atoms with Crippen molar-refractivity contribution in [2.45, 2.75) is 19.1 Å². The Labute approximate surface area is 149 Å². The van der Waals surface area contributed by atoms with Crippen LogP contribution in [-0.2, 0) is 19.1 Å². The molecule has 6 nitrogen and oxygen atoms in total. The molecule has 0 bridgehead atoms. The molecule has 1 amide bonds. The van der Waals surface area contributed by atoms with E-state index in [-0.39, 0.29) is 36.4 Å². The van der Waals surface area contributed by atoms with Crippen LogP contribution in [0.15, 0.2) is 18.2 Å². The van der Waals surface area contributed by atoms with E-state index in [1.54, 1.807) is 0 Å². The Morgan fingerprint density at radius 1 is 1.31 bits per heavy atom. The largest absolute Gasteiger partial charge is 0.465 e. The quantitative estimate of drug-likeness (QED) is 0.615. The highest BCUT2D eigenvalue weighted by molar-refractivity contribution is 6.28. The zero-order valence-corrected chi connectivity index (χ0v) is 13.6. The number of halogens is 5. The van der Waals surface area contributed by atoms with Crippen LogP contribution in [0, 0.1) is 5.82 Å². The maximum absolute atomic E-state index is 13.2. The smallest absolute Gasteiger partial charge is 0.420 e. The van der Waals surface area contributed by atoms with Crippen LogP contribution >= 0.6 is 11.6 Å². The van der Waals surface area contributed by atoms with Crippen LogP contribution in [0.5, 0.6) is 11.6 Å². The van der Waals surface area contributed by atoms with Gasteiger partial charge in [0.1, 0.15) is 17.1 Å². The van der Waals surface area contributed by atoms with Crippen molar-refractivity contribution in [3.05, 3.63) is 46.1 Å². The monoisotopic (exact) mass is 391 g/mol. The lowest BCUT2D eigenvalue weighted by Gasteiger charge is -2.26. The molecule has 0 fully saturated rings. The number of nitrogens with zero attached hydrogens (tertiary/aromatic N) is 3. The van der Waals surface area contributed by atoms with E-state index in [0.717, 1.165) is 17.0 Å². The lowest BCUT2D eigenvalue weighted by Crippen LogP contribution is -2.35. The molecule has 0 radical (unpaired) electrons. The van der Waals surface area contributed by atoms with Crippen molar-refractivity contribution in [3.63, 3.8) is 0 Å². The van der Waals surface area contributed by atoms with E-state index in [0.29, 0.717) is 11.6 Å². The SMILES string of the molecule is O=C(O)N1CCc2c(nc(Cl)nc2Oc2ccc(F)cc2C(F)(F)F)C1. The summed E-state index contributed by atoms with van der Waals surface area (Å²) >= 11 is 5.78. The lowest BCUT2D eigenvalue weighted by molar-refractivity contribution is -0.138. The Hall–Kier alpha value is -2.62. The Morgan fingerprint density at radius 3 is 2.69 bits per heavy atom. The van der Waals surface area contributed by atoms with Gasteiger partial charge in [-0.1, -0.05) is 0 Å². The first-order chi connectivity index (χ1) is 12.1. The summed E-state index contributed by atoms with van der Waals surface area (Å²) in [5.41, 5.74) is -0.711. The van der Waals surface area contributed by atoms with Crippen LogP contribution in [0.3, 0.4) is 0 Å². The van der Waals surface area contributed by atoms with Crippen LogP contribution in [0.4, 0.5) is 22.4 Å². The minimum atomic E-state index is -4.84. The van der Waals surface area contributed by atoms with Crippen molar-refractivity contribution in [2.24, 2.45) is 0 Å². The van der Waals surface area contributed by atoms with Gasteiger partial charge in [0.25, 0.3) is 0 Å². The van der Waals surface area contributed by atoms with Crippen molar-refractivity contribution in [2.75, 3.05) is 6.54 Å². The second-order valence-corrected chi connectivity index (χ2v) is 5.76. The fourth-order valence-corrected chi connectivity index (χ4v) is 2.71. The predicted octanol–water partition coefficient (Wildman–Crippen LogP) is 4.12. The number of ether oxygens (including phenoxy) is 1. The van der Waals surface area contributed by atoms with E-state index in [1.807, 2.05) is 0 Å². The van der Waals surface area contributed by atoms with Crippen LogP contribution in [0.25, 0.3) is 0 Å². The van der Waals surface area contributed by atoms with Gasteiger partial charge in [0.15, 0.2) is 0 Å². The number of rotatable bonds is 2. The summed E-state index contributed by atoms with van der Waals surface area (Å²) in [6.45, 7) is -0.00194. The standard InChI is InChI=1S/C15H10ClF4N3O3/c16-13-21-10-6-23(14(24)25)4-3-8(10)12(22-13)26-11-2-1-7(17)5-9(11)15(18,19)20/h1-2,5H,3-4,6H2,(H,24,25). The molecule has 11 heteroatoms. The number of benzene rings is 1. The van der Waals surface area contributed by atoms with E-state index >= 15 is 0 Å². The summed E-state index contributed by atoms with van der Waals surface area (Å²) in [4.78, 5) is 19.9. The highest BCUT2D eigenvalue weighted by Crippen LogP contribution is 2.39. The van der Waals surface area contributed by atoms with Crippen molar-refractivity contribution >= 4 is 17.7 Å². The molecule has 0 atom stereocenters. The van der Waals surface area contributed by atoms with Gasteiger partial charge in [-0.25, -0.2) is 14.2 Å². The van der Waals surface area contributed by atoms with Gasteiger partial charge in [-0.05, 0) is 36.2 Å². The number of carboxylic acid groups (broad SMARTS) is 1. The van der Waals surface area contributed by atoms with Crippen LogP contribution in [-0.4, -0.2) is 32.6 Å². The number of hydrogen-bond acceptors (Lipinski definition) is 4. The molecule has 0 unspecified atom stereocenters. The van der Waals surface area contributed by atoms with Crippen molar-refractivity contribution in [3.8, 4) is 11.6 Å². The molecule has 0 saturated heterocycles. The molecule has 3 rings (SSSR count). The summed E-state index contributed by atoms with van der Waals surface area (Å²) < 4.78 is 57.8. The fraction of sp³-hybridized carbons (Fsp3) is 0.267. The summed E-state index contributed by atoms with van der Waals surface area (Å²) in [6.07, 6.45) is -5.86. The summed E-state index contributed by atoms with van der Waals surface area (Å²) in [5.74, 6) is -1.93. The van der Waals surface area contributed by atoms with Gasteiger partial charge >= 0.3 is 12.3 Å². The number of hydrogen-bond donors (Lipinski definition) is 1. The third-order valence-electron chi connectivity index (χ3n) is 3.72. The maximum atomic E-state index is 13.2. The first-order valence-corrected chi connectivity index (χ1v) is 7.60. The first-order valence-electron chi connectivity index (χ1n) is 7.23. The van der Waals surface area contributed by atoms with Gasteiger partial charge in [0.05, 0.1) is 12.2 Å². The first kappa shape index (κ1) is 18.2. The molecule has 2 aromatic rings. The second kappa shape index (κ2) is 6.60. The predicted molar refractivity (Wildman–Crippen MR) is 80.7 cm³/mol. The van der Waals surface area contributed by atoms with E-state index in [2.05, 4.69) is 9.97 Å². The van der Waals surface area contributed by atoms with E-state index in [9.17, 15) is 22.4 Å². The van der Waals surface area contributed by atoms with Crippen LogP contribution in [0.2, 0.25) is 5.28 Å². The Morgan fingerprint density at radius 2 is 2.04 bits per heavy atom. The zero-order valence-electron chi connectivity index (χ0n) is 12.8.